The number of benzene rings is 1. The minimum absolute atomic E-state index is 0.119. The van der Waals surface area contributed by atoms with Gasteiger partial charge in [0.05, 0.1) is 6.61 Å². The number of aromatic nitrogens is 1. The standard InChI is InChI=1S/C23H32N2O4/c26-15-5-4-14-25(19-7-2-1-3-8-19)23(28)9-6-16-29-20-11-12-21-18(17-20)10-13-22(27)24-21/h10-13,17,19,26H,1-9,14-16H2,(H,24,27). The van der Waals surface area contributed by atoms with Crippen LogP contribution >= 0.6 is 0 Å². The average molecular weight is 401 g/mol. The molecule has 6 nitrogen and oxygen atoms in total. The maximum absolute atomic E-state index is 12.8. The average Bonchev–Trinajstić information content (AvgIpc) is 2.75. The highest BCUT2D eigenvalue weighted by atomic mass is 16.5. The molecule has 0 spiro atoms. The Balaban J connectivity index is 1.48. The van der Waals surface area contributed by atoms with E-state index in [9.17, 15) is 9.59 Å². The van der Waals surface area contributed by atoms with E-state index in [1.54, 1.807) is 6.07 Å². The van der Waals surface area contributed by atoms with Crippen molar-refractivity contribution in [3.8, 4) is 5.75 Å². The molecule has 1 saturated carbocycles. The van der Waals surface area contributed by atoms with Gasteiger partial charge in [-0.15, -0.1) is 0 Å². The molecule has 1 heterocycles. The molecule has 3 rings (SSSR count). The number of carbonyl (C=O) groups is 1. The summed E-state index contributed by atoms with van der Waals surface area (Å²) >= 11 is 0. The van der Waals surface area contributed by atoms with E-state index in [-0.39, 0.29) is 18.1 Å². The maximum atomic E-state index is 12.8. The van der Waals surface area contributed by atoms with Gasteiger partial charge in [0.25, 0.3) is 0 Å². The second-order valence-electron chi connectivity index (χ2n) is 7.83. The van der Waals surface area contributed by atoms with Crippen LogP contribution in [0.15, 0.2) is 35.1 Å². The number of nitrogens with zero attached hydrogens (tertiary/aromatic N) is 1. The van der Waals surface area contributed by atoms with Gasteiger partial charge in [-0.05, 0) is 56.4 Å². The monoisotopic (exact) mass is 400 g/mol. The van der Waals surface area contributed by atoms with E-state index in [0.717, 1.165) is 48.9 Å². The maximum Gasteiger partial charge on any atom is 0.248 e. The first kappa shape index (κ1) is 21.4. The summed E-state index contributed by atoms with van der Waals surface area (Å²) in [5.74, 6) is 0.943. The van der Waals surface area contributed by atoms with Gasteiger partial charge < -0.3 is 19.7 Å². The fraction of sp³-hybridized carbons (Fsp3) is 0.565. The second-order valence-corrected chi connectivity index (χ2v) is 7.83. The van der Waals surface area contributed by atoms with Crippen molar-refractivity contribution in [2.75, 3.05) is 19.8 Å². The van der Waals surface area contributed by atoms with E-state index in [1.807, 2.05) is 18.2 Å². The molecule has 29 heavy (non-hydrogen) atoms. The molecule has 0 bridgehead atoms. The van der Waals surface area contributed by atoms with Crippen LogP contribution in [0.25, 0.3) is 10.9 Å². The van der Waals surface area contributed by atoms with Crippen molar-refractivity contribution in [1.82, 2.24) is 9.88 Å². The Morgan fingerprint density at radius 2 is 1.93 bits per heavy atom. The minimum atomic E-state index is -0.119. The Morgan fingerprint density at radius 1 is 1.10 bits per heavy atom. The zero-order valence-corrected chi connectivity index (χ0v) is 17.1. The Hall–Kier alpha value is -2.34. The molecule has 1 fully saturated rings. The Kier molecular flexibility index (Phi) is 8.11. The van der Waals surface area contributed by atoms with Gasteiger partial charge in [-0.1, -0.05) is 19.3 Å². The quantitative estimate of drug-likeness (QED) is 0.597. The molecular formula is C23H32N2O4. The summed E-state index contributed by atoms with van der Waals surface area (Å²) in [5, 5.41) is 9.97. The van der Waals surface area contributed by atoms with Crippen molar-refractivity contribution in [2.24, 2.45) is 0 Å². The summed E-state index contributed by atoms with van der Waals surface area (Å²) in [6.45, 7) is 1.41. The number of ether oxygens (including phenoxy) is 1. The lowest BCUT2D eigenvalue weighted by Crippen LogP contribution is -2.42. The number of unbranched alkanes of at least 4 members (excludes halogenated alkanes) is 1. The molecule has 0 unspecified atom stereocenters. The lowest BCUT2D eigenvalue weighted by Gasteiger charge is -2.34. The van der Waals surface area contributed by atoms with Crippen molar-refractivity contribution in [1.29, 1.82) is 0 Å². The number of hydrogen-bond donors (Lipinski definition) is 2. The predicted molar refractivity (Wildman–Crippen MR) is 114 cm³/mol. The van der Waals surface area contributed by atoms with Crippen LogP contribution in [-0.4, -0.2) is 46.7 Å². The summed E-state index contributed by atoms with van der Waals surface area (Å²) in [6.07, 6.45) is 8.61. The summed E-state index contributed by atoms with van der Waals surface area (Å²) in [6, 6.07) is 9.21. The van der Waals surface area contributed by atoms with Crippen molar-refractivity contribution < 1.29 is 14.6 Å². The van der Waals surface area contributed by atoms with Crippen LogP contribution in [-0.2, 0) is 4.79 Å². The van der Waals surface area contributed by atoms with Gasteiger partial charge in [-0.3, -0.25) is 9.59 Å². The van der Waals surface area contributed by atoms with Crippen LogP contribution in [0.1, 0.15) is 57.8 Å². The van der Waals surface area contributed by atoms with Gasteiger partial charge in [0.1, 0.15) is 5.75 Å². The number of aliphatic hydroxyl groups excluding tert-OH is 1. The molecule has 0 atom stereocenters. The first-order valence-electron chi connectivity index (χ1n) is 10.8. The molecule has 1 aliphatic carbocycles. The van der Waals surface area contributed by atoms with E-state index in [2.05, 4.69) is 9.88 Å². The highest BCUT2D eigenvalue weighted by molar-refractivity contribution is 5.79. The Bertz CT molecular complexity index is 842. The number of carbonyl (C=O) groups excluding carboxylic acids is 1. The molecule has 6 heteroatoms. The third kappa shape index (κ3) is 6.32. The molecule has 0 aliphatic heterocycles. The van der Waals surface area contributed by atoms with E-state index < -0.39 is 0 Å². The number of rotatable bonds is 10. The molecule has 0 radical (unpaired) electrons. The van der Waals surface area contributed by atoms with E-state index in [4.69, 9.17) is 9.84 Å². The van der Waals surface area contributed by atoms with Crippen LogP contribution in [0.2, 0.25) is 0 Å². The first-order valence-corrected chi connectivity index (χ1v) is 10.8. The third-order valence-corrected chi connectivity index (χ3v) is 5.64. The zero-order valence-electron chi connectivity index (χ0n) is 17.1. The number of aromatic amines is 1. The third-order valence-electron chi connectivity index (χ3n) is 5.64. The normalized spacial score (nSPS) is 14.8. The van der Waals surface area contributed by atoms with Gasteiger partial charge in [0.2, 0.25) is 11.5 Å². The number of fused-ring (bicyclic) bond motifs is 1. The van der Waals surface area contributed by atoms with Crippen molar-refractivity contribution >= 4 is 16.8 Å². The van der Waals surface area contributed by atoms with E-state index in [0.29, 0.717) is 25.5 Å². The highest BCUT2D eigenvalue weighted by Crippen LogP contribution is 2.24. The van der Waals surface area contributed by atoms with Gasteiger partial charge >= 0.3 is 0 Å². The van der Waals surface area contributed by atoms with E-state index in [1.165, 1.54) is 25.3 Å². The van der Waals surface area contributed by atoms with Crippen LogP contribution in [0.3, 0.4) is 0 Å². The molecule has 158 valence electrons. The molecule has 1 aromatic heterocycles. The van der Waals surface area contributed by atoms with Crippen LogP contribution in [0, 0.1) is 0 Å². The molecule has 1 amide bonds. The smallest absolute Gasteiger partial charge is 0.248 e. The Labute approximate surface area is 171 Å². The van der Waals surface area contributed by atoms with Gasteiger partial charge in [0, 0.05) is 42.6 Å². The number of H-pyrrole nitrogens is 1. The summed E-state index contributed by atoms with van der Waals surface area (Å²) in [5.41, 5.74) is 0.664. The number of pyridine rings is 1. The molecule has 0 saturated heterocycles. The second kappa shape index (κ2) is 11.0. The molecule has 2 aromatic rings. The number of aliphatic hydroxyl groups is 1. The fourth-order valence-corrected chi connectivity index (χ4v) is 4.08. The SMILES string of the molecule is O=C(CCCOc1ccc2[nH]c(=O)ccc2c1)N(CCCCO)C1CCCCC1. The van der Waals surface area contributed by atoms with Gasteiger partial charge in [0.15, 0.2) is 0 Å². The largest absolute Gasteiger partial charge is 0.494 e. The van der Waals surface area contributed by atoms with Gasteiger partial charge in [-0.2, -0.15) is 0 Å². The van der Waals surface area contributed by atoms with Crippen LogP contribution in [0.5, 0.6) is 5.75 Å². The van der Waals surface area contributed by atoms with Crippen LogP contribution < -0.4 is 10.3 Å². The topological polar surface area (TPSA) is 82.6 Å². The molecular weight excluding hydrogens is 368 g/mol. The number of nitrogens with one attached hydrogen (secondary N) is 1. The van der Waals surface area contributed by atoms with Crippen molar-refractivity contribution in [3.63, 3.8) is 0 Å². The number of hydrogen-bond acceptors (Lipinski definition) is 4. The summed E-state index contributed by atoms with van der Waals surface area (Å²) in [7, 11) is 0. The van der Waals surface area contributed by atoms with E-state index >= 15 is 0 Å². The Morgan fingerprint density at radius 3 is 2.72 bits per heavy atom. The summed E-state index contributed by atoms with van der Waals surface area (Å²) in [4.78, 5) is 29.0. The van der Waals surface area contributed by atoms with Crippen molar-refractivity contribution in [2.45, 2.75) is 63.8 Å². The lowest BCUT2D eigenvalue weighted by molar-refractivity contribution is -0.134. The lowest BCUT2D eigenvalue weighted by atomic mass is 9.93. The molecule has 1 aliphatic rings. The number of amides is 1. The fourth-order valence-electron chi connectivity index (χ4n) is 4.08. The highest BCUT2D eigenvalue weighted by Gasteiger charge is 2.24. The van der Waals surface area contributed by atoms with Gasteiger partial charge in [-0.25, -0.2) is 0 Å². The zero-order chi connectivity index (χ0) is 20.5. The predicted octanol–water partition coefficient (Wildman–Crippen LogP) is 3.62. The molecule has 2 N–H and O–H groups in total. The minimum Gasteiger partial charge on any atom is -0.494 e. The first-order chi connectivity index (χ1) is 14.2. The molecule has 1 aromatic carbocycles. The summed E-state index contributed by atoms with van der Waals surface area (Å²) < 4.78 is 5.82. The van der Waals surface area contributed by atoms with Crippen molar-refractivity contribution in [3.05, 3.63) is 40.7 Å². The van der Waals surface area contributed by atoms with Crippen LogP contribution in [0.4, 0.5) is 0 Å².